The second-order valence-electron chi connectivity index (χ2n) is 4.01. The summed E-state index contributed by atoms with van der Waals surface area (Å²) in [4.78, 5) is 24.7. The average molecular weight is 294 g/mol. The zero-order valence-electron chi connectivity index (χ0n) is 10.6. The molecular formula is C14H12ClNO4. The molecule has 0 aliphatic carbocycles. The van der Waals surface area contributed by atoms with E-state index in [1.807, 2.05) is 6.92 Å². The van der Waals surface area contributed by atoms with Gasteiger partial charge in [0.25, 0.3) is 5.56 Å². The van der Waals surface area contributed by atoms with Crippen molar-refractivity contribution >= 4 is 17.6 Å². The van der Waals surface area contributed by atoms with Crippen LogP contribution in [0.2, 0.25) is 5.02 Å². The summed E-state index contributed by atoms with van der Waals surface area (Å²) in [5.74, 6) is -0.653. The van der Waals surface area contributed by atoms with Crippen molar-refractivity contribution in [2.45, 2.75) is 6.92 Å². The summed E-state index contributed by atoms with van der Waals surface area (Å²) >= 11 is 6.15. The molecule has 5 nitrogen and oxygen atoms in total. The lowest BCUT2D eigenvalue weighted by atomic mass is 10.1. The minimum Gasteiger partial charge on any atom is -0.494 e. The molecule has 0 bridgehead atoms. The summed E-state index contributed by atoms with van der Waals surface area (Å²) in [5.41, 5.74) is 0.166. The number of halogens is 1. The van der Waals surface area contributed by atoms with Gasteiger partial charge in [-0.25, -0.2) is 4.79 Å². The van der Waals surface area contributed by atoms with Gasteiger partial charge in [-0.2, -0.15) is 0 Å². The Labute approximate surface area is 119 Å². The summed E-state index contributed by atoms with van der Waals surface area (Å²) in [7, 11) is 0. The van der Waals surface area contributed by atoms with Crippen LogP contribution in [0.25, 0.3) is 11.1 Å². The summed E-state index contributed by atoms with van der Waals surface area (Å²) in [6.07, 6.45) is 1.43. The van der Waals surface area contributed by atoms with E-state index in [1.54, 1.807) is 18.2 Å². The second-order valence-corrected chi connectivity index (χ2v) is 4.42. The van der Waals surface area contributed by atoms with Gasteiger partial charge in [-0.3, -0.25) is 4.79 Å². The highest BCUT2D eigenvalue weighted by atomic mass is 35.5. The molecule has 0 aliphatic heterocycles. The first-order valence-corrected chi connectivity index (χ1v) is 6.29. The lowest BCUT2D eigenvalue weighted by Gasteiger charge is -2.08. The molecule has 0 atom stereocenters. The molecule has 0 amide bonds. The van der Waals surface area contributed by atoms with Crippen LogP contribution >= 0.6 is 11.6 Å². The van der Waals surface area contributed by atoms with Gasteiger partial charge >= 0.3 is 5.97 Å². The molecule has 0 aliphatic rings. The molecule has 6 heteroatoms. The molecular weight excluding hydrogens is 282 g/mol. The van der Waals surface area contributed by atoms with E-state index in [1.165, 1.54) is 12.3 Å². The average Bonchev–Trinajstić information content (AvgIpc) is 2.40. The predicted molar refractivity (Wildman–Crippen MR) is 75.6 cm³/mol. The summed E-state index contributed by atoms with van der Waals surface area (Å²) in [5, 5.41) is 9.36. The van der Waals surface area contributed by atoms with Gasteiger partial charge in [0, 0.05) is 17.3 Å². The minimum absolute atomic E-state index is 0.326. The summed E-state index contributed by atoms with van der Waals surface area (Å²) < 4.78 is 5.32. The second kappa shape index (κ2) is 5.79. The van der Waals surface area contributed by atoms with Crippen molar-refractivity contribution in [2.75, 3.05) is 6.61 Å². The Morgan fingerprint density at radius 1 is 1.40 bits per heavy atom. The number of H-pyrrole nitrogens is 1. The van der Waals surface area contributed by atoms with E-state index in [9.17, 15) is 9.59 Å². The fourth-order valence-electron chi connectivity index (χ4n) is 1.78. The Bertz CT molecular complexity index is 709. The molecule has 0 saturated heterocycles. The highest BCUT2D eigenvalue weighted by Crippen LogP contribution is 2.30. The number of benzene rings is 1. The molecule has 2 rings (SSSR count). The molecule has 0 spiro atoms. The van der Waals surface area contributed by atoms with Crippen molar-refractivity contribution in [1.82, 2.24) is 4.98 Å². The molecule has 1 heterocycles. The number of carboxylic acids is 1. The first kappa shape index (κ1) is 14.1. The topological polar surface area (TPSA) is 79.4 Å². The Morgan fingerprint density at radius 3 is 2.75 bits per heavy atom. The number of rotatable bonds is 4. The van der Waals surface area contributed by atoms with Crippen LogP contribution in [-0.2, 0) is 0 Å². The number of aromatic carboxylic acids is 1. The van der Waals surface area contributed by atoms with E-state index in [-0.39, 0.29) is 5.56 Å². The SMILES string of the molecule is CCOc1ccc(-c2c[nH]c(=O)c(C(=O)O)c2)c(Cl)c1. The van der Waals surface area contributed by atoms with Crippen LogP contribution in [0.3, 0.4) is 0 Å². The molecule has 0 unspecified atom stereocenters. The van der Waals surface area contributed by atoms with Crippen molar-refractivity contribution in [3.63, 3.8) is 0 Å². The number of carbonyl (C=O) groups is 1. The Morgan fingerprint density at radius 2 is 2.15 bits per heavy atom. The lowest BCUT2D eigenvalue weighted by molar-refractivity contribution is 0.0695. The van der Waals surface area contributed by atoms with Gasteiger partial charge in [-0.15, -0.1) is 0 Å². The van der Waals surface area contributed by atoms with Crippen molar-refractivity contribution in [1.29, 1.82) is 0 Å². The van der Waals surface area contributed by atoms with Crippen molar-refractivity contribution < 1.29 is 14.6 Å². The third-order valence-corrected chi connectivity index (χ3v) is 3.01. The number of aromatic nitrogens is 1. The lowest BCUT2D eigenvalue weighted by Crippen LogP contribution is -2.16. The van der Waals surface area contributed by atoms with Crippen molar-refractivity contribution in [3.8, 4) is 16.9 Å². The fourth-order valence-corrected chi connectivity index (χ4v) is 2.06. The fraction of sp³-hybridized carbons (Fsp3) is 0.143. The molecule has 104 valence electrons. The normalized spacial score (nSPS) is 10.3. The maximum Gasteiger partial charge on any atom is 0.341 e. The number of nitrogens with one attached hydrogen (secondary N) is 1. The van der Waals surface area contributed by atoms with Gasteiger partial charge < -0.3 is 14.8 Å². The number of hydrogen-bond acceptors (Lipinski definition) is 3. The zero-order valence-corrected chi connectivity index (χ0v) is 11.4. The van der Waals surface area contributed by atoms with Gasteiger partial charge in [0.15, 0.2) is 0 Å². The molecule has 1 aromatic carbocycles. The third-order valence-electron chi connectivity index (χ3n) is 2.70. The van der Waals surface area contributed by atoms with E-state index in [0.717, 1.165) is 0 Å². The third kappa shape index (κ3) is 2.83. The van der Waals surface area contributed by atoms with Crippen LogP contribution in [0, 0.1) is 0 Å². The monoisotopic (exact) mass is 293 g/mol. The van der Waals surface area contributed by atoms with Crippen molar-refractivity contribution in [3.05, 3.63) is 51.4 Å². The summed E-state index contributed by atoms with van der Waals surface area (Å²) in [6, 6.07) is 6.39. The number of ether oxygens (including phenoxy) is 1. The molecule has 0 saturated carbocycles. The molecule has 0 radical (unpaired) electrons. The number of pyridine rings is 1. The number of carboxylic acid groups (broad SMARTS) is 1. The van der Waals surface area contributed by atoms with Crippen LogP contribution in [0.15, 0.2) is 35.3 Å². The summed E-state index contributed by atoms with van der Waals surface area (Å²) in [6.45, 7) is 2.39. The van der Waals surface area contributed by atoms with E-state index >= 15 is 0 Å². The van der Waals surface area contributed by atoms with E-state index < -0.39 is 11.5 Å². The Hall–Kier alpha value is -2.27. The van der Waals surface area contributed by atoms with Crippen LogP contribution < -0.4 is 10.3 Å². The number of hydrogen-bond donors (Lipinski definition) is 2. The number of aromatic amines is 1. The van der Waals surface area contributed by atoms with Crippen LogP contribution in [0.4, 0.5) is 0 Å². The molecule has 1 aromatic heterocycles. The standard InChI is InChI=1S/C14H12ClNO4/c1-2-20-9-3-4-10(12(15)6-9)8-5-11(14(18)19)13(17)16-7-8/h3-7H,2H2,1H3,(H,16,17)(H,18,19). The maximum absolute atomic E-state index is 11.4. The van der Waals surface area contributed by atoms with E-state index in [4.69, 9.17) is 21.4 Å². The van der Waals surface area contributed by atoms with E-state index in [0.29, 0.717) is 28.5 Å². The highest BCUT2D eigenvalue weighted by Gasteiger charge is 2.12. The van der Waals surface area contributed by atoms with Gasteiger partial charge in [0.2, 0.25) is 0 Å². The van der Waals surface area contributed by atoms with E-state index in [2.05, 4.69) is 4.98 Å². The first-order chi connectivity index (χ1) is 9.52. The maximum atomic E-state index is 11.4. The van der Waals surface area contributed by atoms with Crippen LogP contribution in [0.5, 0.6) is 5.75 Å². The smallest absolute Gasteiger partial charge is 0.341 e. The van der Waals surface area contributed by atoms with Crippen molar-refractivity contribution in [2.24, 2.45) is 0 Å². The Kier molecular flexibility index (Phi) is 4.10. The highest BCUT2D eigenvalue weighted by molar-refractivity contribution is 6.33. The molecule has 2 aromatic rings. The van der Waals surface area contributed by atoms with Gasteiger partial charge in [0.1, 0.15) is 11.3 Å². The Balaban J connectivity index is 2.49. The van der Waals surface area contributed by atoms with Crippen LogP contribution in [0.1, 0.15) is 17.3 Å². The van der Waals surface area contributed by atoms with Gasteiger partial charge in [-0.1, -0.05) is 11.6 Å². The first-order valence-electron chi connectivity index (χ1n) is 5.91. The van der Waals surface area contributed by atoms with Gasteiger partial charge in [-0.05, 0) is 31.2 Å². The zero-order chi connectivity index (χ0) is 14.7. The quantitative estimate of drug-likeness (QED) is 0.908. The predicted octanol–water partition coefficient (Wildman–Crippen LogP) is 2.79. The van der Waals surface area contributed by atoms with Gasteiger partial charge in [0.05, 0.1) is 11.6 Å². The largest absolute Gasteiger partial charge is 0.494 e. The molecule has 20 heavy (non-hydrogen) atoms. The minimum atomic E-state index is -1.28. The van der Waals surface area contributed by atoms with Crippen LogP contribution in [-0.4, -0.2) is 22.7 Å². The molecule has 2 N–H and O–H groups in total. The molecule has 0 fully saturated rings.